The van der Waals surface area contributed by atoms with Gasteiger partial charge in [0.25, 0.3) is 0 Å². The van der Waals surface area contributed by atoms with Crippen molar-refractivity contribution in [2.24, 2.45) is 0 Å². The lowest BCUT2D eigenvalue weighted by molar-refractivity contribution is 0.101. The van der Waals surface area contributed by atoms with Crippen molar-refractivity contribution in [2.75, 3.05) is 13.7 Å². The van der Waals surface area contributed by atoms with Gasteiger partial charge in [-0.15, -0.1) is 0 Å². The van der Waals surface area contributed by atoms with Gasteiger partial charge < -0.3 is 9.84 Å². The highest BCUT2D eigenvalue weighted by molar-refractivity contribution is 5.94. The minimum absolute atomic E-state index is 0.0234. The molecule has 0 bridgehead atoms. The van der Waals surface area contributed by atoms with Crippen LogP contribution in [0.15, 0.2) is 18.2 Å². The molecule has 3 nitrogen and oxygen atoms in total. The Morgan fingerprint density at radius 2 is 2.27 bits per heavy atom. The molecule has 1 aromatic carbocycles. The molecule has 0 heterocycles. The third-order valence-electron chi connectivity index (χ3n) is 1.91. The fourth-order valence-corrected chi connectivity index (χ4v) is 1.16. The summed E-state index contributed by atoms with van der Waals surface area (Å²) >= 11 is 0. The van der Waals surface area contributed by atoms with Crippen molar-refractivity contribution >= 4 is 5.78 Å². The van der Waals surface area contributed by atoms with Crippen molar-refractivity contribution in [1.82, 2.24) is 0 Å². The van der Waals surface area contributed by atoms with Crippen molar-refractivity contribution < 1.29 is 14.6 Å². The Kier molecular flexibility index (Phi) is 3.90. The number of hydrogen-bond acceptors (Lipinski definition) is 3. The zero-order chi connectivity index (χ0) is 11.3. The molecule has 0 spiro atoms. The van der Waals surface area contributed by atoms with Crippen LogP contribution in [0.5, 0.6) is 5.75 Å². The second-order valence-corrected chi connectivity index (χ2v) is 2.93. The maximum absolute atomic E-state index is 11.1. The van der Waals surface area contributed by atoms with Crippen LogP contribution in [0.2, 0.25) is 0 Å². The summed E-state index contributed by atoms with van der Waals surface area (Å²) in [7, 11) is 1.53. The van der Waals surface area contributed by atoms with Crippen molar-refractivity contribution in [2.45, 2.75) is 6.92 Å². The molecule has 0 unspecified atom stereocenters. The van der Waals surface area contributed by atoms with Gasteiger partial charge in [-0.25, -0.2) is 0 Å². The first-order valence-corrected chi connectivity index (χ1v) is 4.47. The highest BCUT2D eigenvalue weighted by Crippen LogP contribution is 2.18. The molecule has 0 amide bonds. The first kappa shape index (κ1) is 11.3. The Bertz CT molecular complexity index is 424. The molecule has 0 fully saturated rings. The van der Waals surface area contributed by atoms with E-state index in [1.807, 2.05) is 0 Å². The van der Waals surface area contributed by atoms with Gasteiger partial charge in [0, 0.05) is 5.56 Å². The third-order valence-corrected chi connectivity index (χ3v) is 1.91. The number of aliphatic hydroxyl groups excluding tert-OH is 1. The molecule has 1 aromatic rings. The highest BCUT2D eigenvalue weighted by atomic mass is 16.5. The van der Waals surface area contributed by atoms with Crippen LogP contribution in [0.25, 0.3) is 0 Å². The van der Waals surface area contributed by atoms with E-state index in [1.165, 1.54) is 14.0 Å². The van der Waals surface area contributed by atoms with Gasteiger partial charge in [-0.05, 0) is 25.1 Å². The van der Waals surface area contributed by atoms with Gasteiger partial charge in [0.1, 0.15) is 12.4 Å². The van der Waals surface area contributed by atoms with Crippen LogP contribution in [-0.4, -0.2) is 24.6 Å². The van der Waals surface area contributed by atoms with Crippen LogP contribution in [0, 0.1) is 11.8 Å². The fourth-order valence-electron chi connectivity index (χ4n) is 1.16. The Labute approximate surface area is 88.7 Å². The Hall–Kier alpha value is -1.79. The van der Waals surface area contributed by atoms with Gasteiger partial charge in [-0.1, -0.05) is 11.8 Å². The predicted octanol–water partition coefficient (Wildman–Crippen LogP) is 1.24. The molecule has 0 saturated heterocycles. The number of ketones is 1. The lowest BCUT2D eigenvalue weighted by Crippen LogP contribution is -1.95. The molecule has 3 heteroatoms. The molecule has 0 saturated carbocycles. The number of Topliss-reactive ketones (excluding diaryl/α,β-unsaturated/α-hetero) is 1. The number of ether oxygens (including phenoxy) is 1. The number of carbonyl (C=O) groups excluding carboxylic acids is 1. The predicted molar refractivity (Wildman–Crippen MR) is 57.0 cm³/mol. The molecule has 0 atom stereocenters. The topological polar surface area (TPSA) is 46.5 Å². The smallest absolute Gasteiger partial charge is 0.159 e. The summed E-state index contributed by atoms with van der Waals surface area (Å²) in [6, 6.07) is 5.03. The van der Waals surface area contributed by atoms with Crippen LogP contribution in [0.1, 0.15) is 22.8 Å². The molecule has 0 radical (unpaired) electrons. The molecule has 15 heavy (non-hydrogen) atoms. The SMILES string of the molecule is COc1ccc(C(C)=O)cc1C#CCO. The largest absolute Gasteiger partial charge is 0.495 e. The Morgan fingerprint density at radius 1 is 1.53 bits per heavy atom. The van der Waals surface area contributed by atoms with Crippen LogP contribution in [0.4, 0.5) is 0 Å². The number of carbonyl (C=O) groups is 1. The minimum Gasteiger partial charge on any atom is -0.495 e. The van der Waals surface area contributed by atoms with Gasteiger partial charge in [-0.3, -0.25) is 4.79 Å². The van der Waals surface area contributed by atoms with Gasteiger partial charge >= 0.3 is 0 Å². The first-order chi connectivity index (χ1) is 7.19. The quantitative estimate of drug-likeness (QED) is 0.582. The van der Waals surface area contributed by atoms with Crippen LogP contribution in [-0.2, 0) is 0 Å². The fraction of sp³-hybridized carbons (Fsp3) is 0.250. The van der Waals surface area contributed by atoms with Crippen LogP contribution in [0.3, 0.4) is 0 Å². The maximum Gasteiger partial charge on any atom is 0.159 e. The van der Waals surface area contributed by atoms with Crippen molar-refractivity contribution in [3.63, 3.8) is 0 Å². The average molecular weight is 204 g/mol. The van der Waals surface area contributed by atoms with E-state index < -0.39 is 0 Å². The van der Waals surface area contributed by atoms with E-state index >= 15 is 0 Å². The molecule has 1 N–H and O–H groups in total. The molecular weight excluding hydrogens is 192 g/mol. The van der Waals surface area contributed by atoms with Crippen molar-refractivity contribution in [3.05, 3.63) is 29.3 Å². The average Bonchev–Trinajstić information content (AvgIpc) is 2.25. The van der Waals surface area contributed by atoms with E-state index in [9.17, 15) is 4.79 Å². The summed E-state index contributed by atoms with van der Waals surface area (Å²) in [5, 5.41) is 8.59. The summed E-state index contributed by atoms with van der Waals surface area (Å²) in [6.07, 6.45) is 0. The second-order valence-electron chi connectivity index (χ2n) is 2.93. The monoisotopic (exact) mass is 204 g/mol. The maximum atomic E-state index is 11.1. The number of aliphatic hydroxyl groups is 1. The zero-order valence-electron chi connectivity index (χ0n) is 8.70. The van der Waals surface area contributed by atoms with E-state index in [4.69, 9.17) is 9.84 Å². The molecule has 0 aliphatic rings. The number of hydrogen-bond donors (Lipinski definition) is 1. The van der Waals surface area contributed by atoms with E-state index in [1.54, 1.807) is 18.2 Å². The number of methoxy groups -OCH3 is 1. The normalized spacial score (nSPS) is 9.00. The summed E-state index contributed by atoms with van der Waals surface area (Å²) < 4.78 is 5.08. The lowest BCUT2D eigenvalue weighted by Gasteiger charge is -2.04. The van der Waals surface area contributed by atoms with Crippen molar-refractivity contribution in [3.8, 4) is 17.6 Å². The molecule has 0 aromatic heterocycles. The van der Waals surface area contributed by atoms with Gasteiger partial charge in [-0.2, -0.15) is 0 Å². The number of rotatable bonds is 2. The van der Waals surface area contributed by atoms with Crippen LogP contribution >= 0.6 is 0 Å². The Morgan fingerprint density at radius 3 is 2.80 bits per heavy atom. The standard InChI is InChI=1S/C12H12O3/c1-9(14)10-5-6-12(15-2)11(8-10)4-3-7-13/h5-6,8,13H,7H2,1-2H3. The highest BCUT2D eigenvalue weighted by Gasteiger charge is 2.04. The van der Waals surface area contributed by atoms with E-state index in [0.29, 0.717) is 16.9 Å². The summed E-state index contributed by atoms with van der Waals surface area (Å²) in [4.78, 5) is 11.1. The van der Waals surface area contributed by atoms with Gasteiger partial charge in [0.05, 0.1) is 12.7 Å². The summed E-state index contributed by atoms with van der Waals surface area (Å²) in [6.45, 7) is 1.28. The first-order valence-electron chi connectivity index (χ1n) is 4.47. The third kappa shape index (κ3) is 2.83. The van der Waals surface area contributed by atoms with Crippen LogP contribution < -0.4 is 4.74 Å². The lowest BCUT2D eigenvalue weighted by atomic mass is 10.1. The summed E-state index contributed by atoms with van der Waals surface area (Å²) in [5.74, 6) is 5.83. The zero-order valence-corrected chi connectivity index (χ0v) is 8.70. The molecule has 1 rings (SSSR count). The molecule has 0 aliphatic carbocycles. The number of benzene rings is 1. The van der Waals surface area contributed by atoms with Gasteiger partial charge in [0.15, 0.2) is 5.78 Å². The summed E-state index contributed by atoms with van der Waals surface area (Å²) in [5.41, 5.74) is 1.19. The Balaban J connectivity index is 3.19. The van der Waals surface area contributed by atoms with E-state index in [0.717, 1.165) is 0 Å². The molecule has 0 aliphatic heterocycles. The molecular formula is C12H12O3. The minimum atomic E-state index is -0.215. The second kappa shape index (κ2) is 5.18. The van der Waals surface area contributed by atoms with Gasteiger partial charge in [0.2, 0.25) is 0 Å². The van der Waals surface area contributed by atoms with Crippen molar-refractivity contribution in [1.29, 1.82) is 0 Å². The van der Waals surface area contributed by atoms with E-state index in [-0.39, 0.29) is 12.4 Å². The molecule has 78 valence electrons. The van der Waals surface area contributed by atoms with E-state index in [2.05, 4.69) is 11.8 Å².